The van der Waals surface area contributed by atoms with E-state index in [9.17, 15) is 27.2 Å². The van der Waals surface area contributed by atoms with Crippen molar-refractivity contribution < 1.29 is 31.5 Å². The van der Waals surface area contributed by atoms with Gasteiger partial charge in [0.1, 0.15) is 5.67 Å². The molecule has 1 saturated carbocycles. The molecule has 0 saturated heterocycles. The number of benzene rings is 2. The number of pyridine rings is 1. The van der Waals surface area contributed by atoms with Gasteiger partial charge >= 0.3 is 6.18 Å². The Morgan fingerprint density at radius 2 is 1.79 bits per heavy atom. The lowest BCUT2D eigenvalue weighted by molar-refractivity contribution is -0.137. The van der Waals surface area contributed by atoms with E-state index in [0.717, 1.165) is 38.8 Å². The summed E-state index contributed by atoms with van der Waals surface area (Å²) in [7, 11) is 0. The number of rotatable bonds is 7. The van der Waals surface area contributed by atoms with Crippen molar-refractivity contribution in [1.29, 1.82) is 0 Å². The van der Waals surface area contributed by atoms with E-state index in [4.69, 9.17) is 0 Å². The molecule has 0 atom stereocenters. The number of carbonyl (C=O) groups excluding carboxylic acids is 2. The predicted molar refractivity (Wildman–Crippen MR) is 141 cm³/mol. The van der Waals surface area contributed by atoms with Gasteiger partial charge < -0.3 is 10.2 Å². The van der Waals surface area contributed by atoms with E-state index in [1.54, 1.807) is 19.1 Å². The topological polar surface area (TPSA) is 62.3 Å². The van der Waals surface area contributed by atoms with Gasteiger partial charge in [0.25, 0.3) is 11.8 Å². The molecule has 0 aliphatic heterocycles. The molecule has 0 spiro atoms. The number of aryl methyl sites for hydroxylation is 1. The highest BCUT2D eigenvalue weighted by Gasteiger charge is 2.38. The van der Waals surface area contributed by atoms with Crippen LogP contribution in [0.15, 0.2) is 53.1 Å². The van der Waals surface area contributed by atoms with Crippen molar-refractivity contribution in [2.24, 2.45) is 5.92 Å². The number of halogens is 6. The Morgan fingerprint density at radius 1 is 1.10 bits per heavy atom. The van der Waals surface area contributed by atoms with Crippen LogP contribution in [0.25, 0.3) is 0 Å². The number of nitrogens with zero attached hydrogens (tertiary/aromatic N) is 2. The van der Waals surface area contributed by atoms with E-state index in [-0.39, 0.29) is 33.7 Å². The van der Waals surface area contributed by atoms with E-state index >= 15 is 4.39 Å². The molecule has 4 rings (SSSR count). The Balaban J connectivity index is 1.71. The van der Waals surface area contributed by atoms with Crippen molar-refractivity contribution in [2.45, 2.75) is 45.5 Å². The second-order valence-corrected chi connectivity index (χ2v) is 10.8. The highest BCUT2D eigenvalue weighted by molar-refractivity contribution is 9.10. The summed E-state index contributed by atoms with van der Waals surface area (Å²) in [5.41, 5.74) is -4.13. The number of anilines is 2. The van der Waals surface area contributed by atoms with Crippen molar-refractivity contribution in [1.82, 2.24) is 4.98 Å². The number of aromatic nitrogens is 1. The first kappa shape index (κ1) is 28.7. The van der Waals surface area contributed by atoms with E-state index in [1.165, 1.54) is 23.2 Å². The lowest BCUT2D eigenvalue weighted by atomic mass is 9.96. The van der Waals surface area contributed by atoms with Gasteiger partial charge in [-0.2, -0.15) is 13.2 Å². The van der Waals surface area contributed by atoms with Gasteiger partial charge in [0.05, 0.1) is 28.1 Å². The van der Waals surface area contributed by atoms with Crippen LogP contribution in [0.4, 0.5) is 33.3 Å². The molecule has 0 bridgehead atoms. The maximum absolute atomic E-state index is 15.8. The molecule has 206 valence electrons. The van der Waals surface area contributed by atoms with Crippen LogP contribution in [0, 0.1) is 18.7 Å². The first-order valence-electron chi connectivity index (χ1n) is 12.1. The molecule has 3 aromatic rings. The molecule has 11 heteroatoms. The van der Waals surface area contributed by atoms with Crippen molar-refractivity contribution in [3.63, 3.8) is 0 Å². The number of nitrogens with one attached hydrogen (secondary N) is 1. The molecule has 1 heterocycles. The Hall–Kier alpha value is -3.34. The van der Waals surface area contributed by atoms with Crippen LogP contribution < -0.4 is 10.2 Å². The van der Waals surface area contributed by atoms with Crippen LogP contribution in [0.3, 0.4) is 0 Å². The van der Waals surface area contributed by atoms with Crippen LogP contribution in [0.2, 0.25) is 0 Å². The van der Waals surface area contributed by atoms with Gasteiger partial charge in [-0.3, -0.25) is 14.6 Å². The van der Waals surface area contributed by atoms with Crippen LogP contribution >= 0.6 is 15.9 Å². The van der Waals surface area contributed by atoms with Crippen molar-refractivity contribution >= 4 is 39.1 Å². The molecule has 2 aromatic carbocycles. The third-order valence-corrected chi connectivity index (χ3v) is 7.00. The SMILES string of the molecule is Cc1ccc(C(=O)N(CC2CC2)c2cccc(C(=O)Nc3c(Br)cc(C(C)(C)F)cc3C(F)(F)F)c2F)cn1. The highest BCUT2D eigenvalue weighted by Crippen LogP contribution is 2.42. The zero-order chi connectivity index (χ0) is 28.7. The lowest BCUT2D eigenvalue weighted by Gasteiger charge is -2.24. The fourth-order valence-electron chi connectivity index (χ4n) is 3.98. The number of amides is 2. The van der Waals surface area contributed by atoms with Gasteiger partial charge in [-0.1, -0.05) is 6.07 Å². The third kappa shape index (κ3) is 6.46. The molecular weight excluding hydrogens is 585 g/mol. The van der Waals surface area contributed by atoms with E-state index < -0.39 is 46.3 Å². The summed E-state index contributed by atoms with van der Waals surface area (Å²) in [5.74, 6) is -2.58. The molecule has 1 aromatic heterocycles. The summed E-state index contributed by atoms with van der Waals surface area (Å²) in [4.78, 5) is 31.8. The third-order valence-electron chi connectivity index (χ3n) is 6.38. The summed E-state index contributed by atoms with van der Waals surface area (Å²) in [6, 6.07) is 8.75. The van der Waals surface area contributed by atoms with Crippen molar-refractivity contribution in [2.75, 3.05) is 16.8 Å². The standard InChI is InChI=1S/C28H25BrF5N3O2/c1-15-7-10-17(13-35-15)26(39)37(14-16-8-9-16)22-6-4-5-19(23(22)30)25(38)36-24-20(28(32,33)34)11-18(12-21(24)29)27(2,3)31/h4-7,10-13,16H,8-9,14H2,1-3H3,(H,36,38). The minimum Gasteiger partial charge on any atom is -0.320 e. The average Bonchev–Trinajstić information content (AvgIpc) is 3.67. The normalized spacial score (nSPS) is 13.8. The molecular formula is C28H25BrF5N3O2. The lowest BCUT2D eigenvalue weighted by Crippen LogP contribution is -2.34. The van der Waals surface area contributed by atoms with Crippen LogP contribution in [0.1, 0.15) is 64.2 Å². The summed E-state index contributed by atoms with van der Waals surface area (Å²) >= 11 is 2.99. The fourth-order valence-corrected chi connectivity index (χ4v) is 4.54. The smallest absolute Gasteiger partial charge is 0.320 e. The fraction of sp³-hybridized carbons (Fsp3) is 0.321. The minimum atomic E-state index is -4.94. The van der Waals surface area contributed by atoms with Gasteiger partial charge in [0, 0.05) is 22.9 Å². The molecule has 0 radical (unpaired) electrons. The van der Waals surface area contributed by atoms with Gasteiger partial charge in [0.15, 0.2) is 5.82 Å². The summed E-state index contributed by atoms with van der Waals surface area (Å²) < 4.78 is 71.7. The Labute approximate surface area is 230 Å². The molecule has 0 unspecified atom stereocenters. The second-order valence-electron chi connectivity index (χ2n) is 9.99. The summed E-state index contributed by atoms with van der Waals surface area (Å²) in [6.45, 7) is 4.18. The van der Waals surface area contributed by atoms with Crippen molar-refractivity contribution in [3.8, 4) is 0 Å². The number of hydrogen-bond acceptors (Lipinski definition) is 3. The monoisotopic (exact) mass is 609 g/mol. The minimum absolute atomic E-state index is 0.160. The Bertz CT molecular complexity index is 1410. The molecule has 5 nitrogen and oxygen atoms in total. The molecule has 1 aliphatic carbocycles. The molecule has 2 amide bonds. The number of hydrogen-bond donors (Lipinski definition) is 1. The van der Waals surface area contributed by atoms with Crippen LogP contribution in [0.5, 0.6) is 0 Å². The van der Waals surface area contributed by atoms with Crippen molar-refractivity contribution in [3.05, 3.63) is 86.9 Å². The molecule has 1 N–H and O–H groups in total. The first-order valence-corrected chi connectivity index (χ1v) is 12.9. The zero-order valence-electron chi connectivity index (χ0n) is 21.3. The maximum Gasteiger partial charge on any atom is 0.418 e. The van der Waals surface area contributed by atoms with Crippen LogP contribution in [-0.4, -0.2) is 23.3 Å². The molecule has 1 fully saturated rings. The van der Waals surface area contributed by atoms with E-state index in [2.05, 4.69) is 26.2 Å². The van der Waals surface area contributed by atoms with Crippen LogP contribution in [-0.2, 0) is 11.8 Å². The molecule has 1 aliphatic rings. The maximum atomic E-state index is 15.8. The quantitative estimate of drug-likeness (QED) is 0.278. The van der Waals surface area contributed by atoms with Gasteiger partial charge in [-0.05, 0) is 97.4 Å². The zero-order valence-corrected chi connectivity index (χ0v) is 22.9. The highest BCUT2D eigenvalue weighted by atomic mass is 79.9. The average molecular weight is 610 g/mol. The van der Waals surface area contributed by atoms with Gasteiger partial charge in [-0.15, -0.1) is 0 Å². The van der Waals surface area contributed by atoms with E-state index in [1.807, 2.05) is 0 Å². The number of carbonyl (C=O) groups is 2. The summed E-state index contributed by atoms with van der Waals surface area (Å²) in [6.07, 6.45) is -1.85. The van der Waals surface area contributed by atoms with Gasteiger partial charge in [0.2, 0.25) is 0 Å². The first-order chi connectivity index (χ1) is 18.2. The van der Waals surface area contributed by atoms with Gasteiger partial charge in [-0.25, -0.2) is 8.78 Å². The molecule has 39 heavy (non-hydrogen) atoms. The Kier molecular flexibility index (Phi) is 7.84. The Morgan fingerprint density at radius 3 is 2.36 bits per heavy atom. The summed E-state index contributed by atoms with van der Waals surface area (Å²) in [5, 5.41) is 2.13. The second kappa shape index (κ2) is 10.7. The van der Waals surface area contributed by atoms with E-state index in [0.29, 0.717) is 11.8 Å². The number of alkyl halides is 4. The predicted octanol–water partition coefficient (Wildman–Crippen LogP) is 7.82. The largest absolute Gasteiger partial charge is 0.418 e.